The van der Waals surface area contributed by atoms with Crippen LogP contribution in [0.15, 0.2) is 53.1 Å². The number of aromatic nitrogens is 1. The fraction of sp³-hybridized carbons (Fsp3) is 0.214. The largest absolute Gasteiger partial charge is 0.367 e. The molecule has 3 heteroatoms. The molecule has 2 nitrogen and oxygen atoms in total. The van der Waals surface area contributed by atoms with Crippen molar-refractivity contribution in [3.63, 3.8) is 0 Å². The SMILES string of the molecule is Brc1ccc(NC2CC2c2ccccc2)nc1. The van der Waals surface area contributed by atoms with E-state index in [1.165, 1.54) is 12.0 Å². The third-order valence-electron chi connectivity index (χ3n) is 3.08. The van der Waals surface area contributed by atoms with Crippen LogP contribution in [0.2, 0.25) is 0 Å². The van der Waals surface area contributed by atoms with Crippen molar-refractivity contribution in [2.45, 2.75) is 18.4 Å². The van der Waals surface area contributed by atoms with Crippen molar-refractivity contribution in [3.05, 3.63) is 58.7 Å². The number of benzene rings is 1. The third kappa shape index (κ3) is 2.50. The van der Waals surface area contributed by atoms with Gasteiger partial charge >= 0.3 is 0 Å². The summed E-state index contributed by atoms with van der Waals surface area (Å²) in [5, 5.41) is 3.46. The molecule has 3 rings (SSSR count). The monoisotopic (exact) mass is 288 g/mol. The lowest BCUT2D eigenvalue weighted by Gasteiger charge is -2.04. The number of rotatable bonds is 3. The second kappa shape index (κ2) is 4.49. The highest BCUT2D eigenvalue weighted by atomic mass is 79.9. The number of halogens is 1. The van der Waals surface area contributed by atoms with Crippen LogP contribution < -0.4 is 5.32 Å². The molecule has 1 N–H and O–H groups in total. The highest BCUT2D eigenvalue weighted by Crippen LogP contribution is 2.42. The summed E-state index contributed by atoms with van der Waals surface area (Å²) in [5.41, 5.74) is 1.42. The highest BCUT2D eigenvalue weighted by molar-refractivity contribution is 9.10. The van der Waals surface area contributed by atoms with E-state index in [2.05, 4.69) is 56.6 Å². The van der Waals surface area contributed by atoms with Crippen LogP contribution in [0.25, 0.3) is 0 Å². The van der Waals surface area contributed by atoms with Gasteiger partial charge in [-0.1, -0.05) is 30.3 Å². The minimum Gasteiger partial charge on any atom is -0.367 e. The zero-order valence-electron chi connectivity index (χ0n) is 9.31. The summed E-state index contributed by atoms with van der Waals surface area (Å²) in [5.74, 6) is 1.60. The van der Waals surface area contributed by atoms with E-state index in [1.807, 2.05) is 18.3 Å². The van der Waals surface area contributed by atoms with Gasteiger partial charge in [-0.2, -0.15) is 0 Å². The van der Waals surface area contributed by atoms with Gasteiger partial charge in [-0.3, -0.25) is 0 Å². The van der Waals surface area contributed by atoms with Crippen LogP contribution in [-0.2, 0) is 0 Å². The molecule has 0 bridgehead atoms. The highest BCUT2D eigenvalue weighted by Gasteiger charge is 2.38. The van der Waals surface area contributed by atoms with Crippen LogP contribution in [-0.4, -0.2) is 11.0 Å². The lowest BCUT2D eigenvalue weighted by molar-refractivity contribution is 1.03. The first-order chi connectivity index (χ1) is 8.33. The summed E-state index contributed by atoms with van der Waals surface area (Å²) >= 11 is 3.39. The van der Waals surface area contributed by atoms with E-state index in [-0.39, 0.29) is 0 Å². The average Bonchev–Trinajstić information content (AvgIpc) is 3.13. The smallest absolute Gasteiger partial charge is 0.126 e. The molecule has 1 aliphatic rings. The molecule has 1 fully saturated rings. The van der Waals surface area contributed by atoms with E-state index in [0.29, 0.717) is 12.0 Å². The van der Waals surface area contributed by atoms with Crippen molar-refractivity contribution in [3.8, 4) is 0 Å². The van der Waals surface area contributed by atoms with Gasteiger partial charge in [0.05, 0.1) is 0 Å². The van der Waals surface area contributed by atoms with Gasteiger partial charge in [0.1, 0.15) is 5.82 Å². The van der Waals surface area contributed by atoms with Gasteiger partial charge in [0, 0.05) is 22.6 Å². The fourth-order valence-corrected chi connectivity index (χ4v) is 2.31. The molecule has 2 aromatic rings. The molecule has 2 atom stereocenters. The van der Waals surface area contributed by atoms with Crippen molar-refractivity contribution in [2.75, 3.05) is 5.32 Å². The quantitative estimate of drug-likeness (QED) is 0.929. The molecule has 0 amide bonds. The topological polar surface area (TPSA) is 24.9 Å². The lowest BCUT2D eigenvalue weighted by Crippen LogP contribution is -2.05. The molecule has 0 aliphatic heterocycles. The summed E-state index contributed by atoms with van der Waals surface area (Å²) < 4.78 is 1.01. The summed E-state index contributed by atoms with van der Waals surface area (Å²) in [4.78, 5) is 4.33. The molecule has 1 heterocycles. The Morgan fingerprint density at radius 2 is 1.94 bits per heavy atom. The Morgan fingerprint density at radius 3 is 2.65 bits per heavy atom. The number of hydrogen-bond acceptors (Lipinski definition) is 2. The van der Waals surface area contributed by atoms with Gasteiger partial charge in [0.15, 0.2) is 0 Å². The molecular formula is C14H13BrN2. The Bertz CT molecular complexity index is 495. The zero-order chi connectivity index (χ0) is 11.7. The Labute approximate surface area is 109 Å². The minimum absolute atomic E-state index is 0.533. The predicted octanol–water partition coefficient (Wildman–Crippen LogP) is 3.81. The van der Waals surface area contributed by atoms with Crippen molar-refractivity contribution >= 4 is 21.7 Å². The number of nitrogens with zero attached hydrogens (tertiary/aromatic N) is 1. The maximum atomic E-state index is 4.33. The molecule has 86 valence electrons. The van der Waals surface area contributed by atoms with Crippen LogP contribution in [0, 0.1) is 0 Å². The van der Waals surface area contributed by atoms with Crippen LogP contribution in [0.4, 0.5) is 5.82 Å². The summed E-state index contributed by atoms with van der Waals surface area (Å²) in [6, 6.07) is 15.2. The summed E-state index contributed by atoms with van der Waals surface area (Å²) in [6.45, 7) is 0. The molecular weight excluding hydrogens is 276 g/mol. The van der Waals surface area contributed by atoms with Crippen LogP contribution in [0.5, 0.6) is 0 Å². The van der Waals surface area contributed by atoms with E-state index < -0.39 is 0 Å². The van der Waals surface area contributed by atoms with Crippen molar-refractivity contribution in [2.24, 2.45) is 0 Å². The van der Waals surface area contributed by atoms with Crippen molar-refractivity contribution in [1.29, 1.82) is 0 Å². The fourth-order valence-electron chi connectivity index (χ4n) is 2.07. The lowest BCUT2D eigenvalue weighted by atomic mass is 10.1. The molecule has 1 aromatic carbocycles. The van der Waals surface area contributed by atoms with E-state index >= 15 is 0 Å². The molecule has 1 saturated carbocycles. The van der Waals surface area contributed by atoms with E-state index in [9.17, 15) is 0 Å². The number of pyridine rings is 1. The first-order valence-electron chi connectivity index (χ1n) is 5.76. The first-order valence-corrected chi connectivity index (χ1v) is 6.55. The first kappa shape index (κ1) is 10.8. The summed E-state index contributed by atoms with van der Waals surface area (Å²) in [6.07, 6.45) is 3.02. The Balaban J connectivity index is 1.64. The Hall–Kier alpha value is -1.35. The van der Waals surface area contributed by atoms with E-state index in [0.717, 1.165) is 10.3 Å². The molecule has 1 aliphatic carbocycles. The van der Waals surface area contributed by atoms with Gasteiger partial charge < -0.3 is 5.32 Å². The van der Waals surface area contributed by atoms with Crippen LogP contribution in [0.3, 0.4) is 0 Å². The maximum Gasteiger partial charge on any atom is 0.126 e. The molecule has 0 radical (unpaired) electrons. The third-order valence-corrected chi connectivity index (χ3v) is 3.55. The second-order valence-electron chi connectivity index (χ2n) is 4.37. The van der Waals surface area contributed by atoms with Crippen LogP contribution >= 0.6 is 15.9 Å². The average molecular weight is 289 g/mol. The maximum absolute atomic E-state index is 4.33. The molecule has 17 heavy (non-hydrogen) atoms. The van der Waals surface area contributed by atoms with E-state index in [1.54, 1.807) is 0 Å². The summed E-state index contributed by atoms with van der Waals surface area (Å²) in [7, 11) is 0. The Kier molecular flexibility index (Phi) is 2.85. The second-order valence-corrected chi connectivity index (χ2v) is 5.28. The molecule has 0 spiro atoms. The van der Waals surface area contributed by atoms with Gasteiger partial charge in [0.2, 0.25) is 0 Å². The predicted molar refractivity (Wildman–Crippen MR) is 73.1 cm³/mol. The minimum atomic E-state index is 0.533. The molecule has 0 saturated heterocycles. The van der Waals surface area contributed by atoms with Crippen LogP contribution in [0.1, 0.15) is 17.9 Å². The van der Waals surface area contributed by atoms with Crippen molar-refractivity contribution in [1.82, 2.24) is 4.98 Å². The number of anilines is 1. The van der Waals surface area contributed by atoms with E-state index in [4.69, 9.17) is 0 Å². The van der Waals surface area contributed by atoms with Gasteiger partial charge in [0.25, 0.3) is 0 Å². The van der Waals surface area contributed by atoms with Crippen molar-refractivity contribution < 1.29 is 0 Å². The normalized spacial score (nSPS) is 22.2. The van der Waals surface area contributed by atoms with Gasteiger partial charge in [-0.05, 0) is 40.0 Å². The standard InChI is InChI=1S/C14H13BrN2/c15-11-6-7-14(16-9-11)17-13-8-12(13)10-4-2-1-3-5-10/h1-7,9,12-13H,8H2,(H,16,17). The zero-order valence-corrected chi connectivity index (χ0v) is 10.9. The molecule has 1 aromatic heterocycles. The molecule has 2 unspecified atom stereocenters. The number of hydrogen-bond donors (Lipinski definition) is 1. The van der Waals surface area contributed by atoms with Gasteiger partial charge in [-0.25, -0.2) is 4.98 Å². The van der Waals surface area contributed by atoms with Gasteiger partial charge in [-0.15, -0.1) is 0 Å². The Morgan fingerprint density at radius 1 is 1.12 bits per heavy atom. The number of nitrogens with one attached hydrogen (secondary N) is 1.